The number of amides is 4. The van der Waals surface area contributed by atoms with Crippen LogP contribution in [0.4, 0.5) is 0 Å². The number of hydrogen-bond acceptors (Lipinski definition) is 5. The van der Waals surface area contributed by atoms with E-state index >= 15 is 0 Å². The molecule has 9 nitrogen and oxygen atoms in total. The maximum absolute atomic E-state index is 13.8. The quantitative estimate of drug-likeness (QED) is 0.288. The van der Waals surface area contributed by atoms with E-state index in [0.717, 1.165) is 24.0 Å². The molecule has 0 bridgehead atoms. The Hall–Kier alpha value is -3.72. The van der Waals surface area contributed by atoms with Crippen molar-refractivity contribution in [1.29, 1.82) is 0 Å². The molecule has 1 saturated heterocycles. The van der Waals surface area contributed by atoms with Crippen LogP contribution < -0.4 is 16.0 Å². The topological polar surface area (TPSA) is 128 Å². The first kappa shape index (κ1) is 34.8. The normalized spacial score (nSPS) is 18.1. The van der Waals surface area contributed by atoms with Gasteiger partial charge in [-0.05, 0) is 56.6 Å². The van der Waals surface area contributed by atoms with Gasteiger partial charge < -0.3 is 26.0 Å². The molecule has 1 fully saturated rings. The van der Waals surface area contributed by atoms with Crippen molar-refractivity contribution >= 4 is 23.6 Å². The summed E-state index contributed by atoms with van der Waals surface area (Å²) >= 11 is 0. The summed E-state index contributed by atoms with van der Waals surface area (Å²) in [6.07, 6.45) is 2.51. The average Bonchev–Trinajstić information content (AvgIpc) is 3.46. The van der Waals surface area contributed by atoms with E-state index in [1.807, 2.05) is 93.3 Å². The van der Waals surface area contributed by atoms with Crippen LogP contribution in [0.5, 0.6) is 0 Å². The first-order valence-corrected chi connectivity index (χ1v) is 15.6. The summed E-state index contributed by atoms with van der Waals surface area (Å²) in [7, 11) is 0. The molecule has 1 heterocycles. The molecule has 0 radical (unpaired) electrons. The van der Waals surface area contributed by atoms with Crippen molar-refractivity contribution in [3.05, 3.63) is 71.8 Å². The molecule has 2 aromatic carbocycles. The summed E-state index contributed by atoms with van der Waals surface area (Å²) < 4.78 is 0. The first-order valence-electron chi connectivity index (χ1n) is 15.6. The van der Waals surface area contributed by atoms with Crippen molar-refractivity contribution in [2.45, 2.75) is 110 Å². The molecule has 0 saturated carbocycles. The van der Waals surface area contributed by atoms with Crippen LogP contribution >= 0.6 is 0 Å². The Labute approximate surface area is 262 Å². The second kappa shape index (κ2) is 14.8. The fourth-order valence-corrected chi connectivity index (χ4v) is 5.55. The van der Waals surface area contributed by atoms with E-state index in [9.17, 15) is 24.3 Å². The predicted octanol–water partition coefficient (Wildman–Crippen LogP) is 4.23. The maximum atomic E-state index is 13.8. The molecule has 0 aliphatic carbocycles. The van der Waals surface area contributed by atoms with Gasteiger partial charge in [0, 0.05) is 18.9 Å². The van der Waals surface area contributed by atoms with E-state index < -0.39 is 41.5 Å². The number of rotatable bonds is 12. The molecule has 5 unspecified atom stereocenters. The Morgan fingerprint density at radius 3 is 2.02 bits per heavy atom. The standard InChI is InChI=1S/C35H50N4O5/c1-23(25-15-10-8-11-16-25)29(38-32(42)30(35(6,7)44)37-28(40)20-21-34(3,4)5)31(41)36-24(2)33(43)39-22-14-19-27(39)26-17-12-9-13-18-26/h8-13,15-18,23-24,27,29-30,44H,14,19-22H2,1-7H3,(H,36,41)(H,37,40)(H,38,42). The Morgan fingerprint density at radius 2 is 1.45 bits per heavy atom. The second-order valence-electron chi connectivity index (χ2n) is 13.7. The Morgan fingerprint density at radius 1 is 0.864 bits per heavy atom. The van der Waals surface area contributed by atoms with Crippen LogP contribution in [0, 0.1) is 5.41 Å². The summed E-state index contributed by atoms with van der Waals surface area (Å²) in [4.78, 5) is 55.7. The molecular formula is C35H50N4O5. The van der Waals surface area contributed by atoms with Gasteiger partial charge in [-0.1, -0.05) is 88.4 Å². The van der Waals surface area contributed by atoms with Crippen LogP contribution in [0.3, 0.4) is 0 Å². The lowest BCUT2D eigenvalue weighted by molar-refractivity contribution is -0.139. The van der Waals surface area contributed by atoms with E-state index in [-0.39, 0.29) is 29.7 Å². The summed E-state index contributed by atoms with van der Waals surface area (Å²) in [5, 5.41) is 19.2. The van der Waals surface area contributed by atoms with Gasteiger partial charge in [0.2, 0.25) is 23.6 Å². The highest BCUT2D eigenvalue weighted by Gasteiger charge is 2.39. The fraction of sp³-hybridized carbons (Fsp3) is 0.543. The zero-order valence-electron chi connectivity index (χ0n) is 27.2. The Bertz CT molecular complexity index is 1270. The number of nitrogens with zero attached hydrogens (tertiary/aromatic N) is 1. The van der Waals surface area contributed by atoms with Gasteiger partial charge >= 0.3 is 0 Å². The number of carbonyl (C=O) groups excluding carboxylic acids is 4. The monoisotopic (exact) mass is 606 g/mol. The Balaban J connectivity index is 1.80. The van der Waals surface area contributed by atoms with E-state index in [0.29, 0.717) is 13.0 Å². The number of carbonyl (C=O) groups is 4. The lowest BCUT2D eigenvalue weighted by atomic mass is 9.89. The van der Waals surface area contributed by atoms with Gasteiger partial charge in [0.05, 0.1) is 11.6 Å². The zero-order chi connectivity index (χ0) is 32.7. The van der Waals surface area contributed by atoms with Gasteiger partial charge in [0.1, 0.15) is 18.1 Å². The van der Waals surface area contributed by atoms with Gasteiger partial charge in [-0.2, -0.15) is 0 Å². The van der Waals surface area contributed by atoms with Gasteiger partial charge in [-0.15, -0.1) is 0 Å². The molecular weight excluding hydrogens is 556 g/mol. The molecule has 44 heavy (non-hydrogen) atoms. The minimum absolute atomic E-state index is 0.0590. The average molecular weight is 607 g/mol. The number of likely N-dealkylation sites (tertiary alicyclic amines) is 1. The van der Waals surface area contributed by atoms with E-state index in [4.69, 9.17) is 0 Å². The molecule has 0 spiro atoms. The second-order valence-corrected chi connectivity index (χ2v) is 13.7. The third kappa shape index (κ3) is 9.64. The highest BCUT2D eigenvalue weighted by atomic mass is 16.3. The molecule has 4 amide bonds. The van der Waals surface area contributed by atoms with Crippen LogP contribution in [-0.2, 0) is 19.2 Å². The zero-order valence-corrected chi connectivity index (χ0v) is 27.2. The largest absolute Gasteiger partial charge is 0.388 e. The summed E-state index contributed by atoms with van der Waals surface area (Å²) in [5.41, 5.74) is 0.179. The first-order chi connectivity index (χ1) is 20.6. The van der Waals surface area contributed by atoms with Crippen LogP contribution in [0.15, 0.2) is 60.7 Å². The number of aliphatic hydroxyl groups is 1. The van der Waals surface area contributed by atoms with Crippen LogP contribution in [-0.4, -0.2) is 63.9 Å². The summed E-state index contributed by atoms with van der Waals surface area (Å²) in [5.74, 6) is -2.25. The van der Waals surface area contributed by atoms with Crippen molar-refractivity contribution in [3.63, 3.8) is 0 Å². The van der Waals surface area contributed by atoms with Gasteiger partial charge in [-0.3, -0.25) is 19.2 Å². The van der Waals surface area contributed by atoms with Gasteiger partial charge in [-0.25, -0.2) is 0 Å². The molecule has 2 aromatic rings. The van der Waals surface area contributed by atoms with Crippen molar-refractivity contribution in [1.82, 2.24) is 20.9 Å². The van der Waals surface area contributed by atoms with Crippen LogP contribution in [0.1, 0.15) is 97.2 Å². The van der Waals surface area contributed by atoms with Gasteiger partial charge in [0.15, 0.2) is 0 Å². The number of nitrogens with one attached hydrogen (secondary N) is 3. The molecule has 9 heteroatoms. The summed E-state index contributed by atoms with van der Waals surface area (Å²) in [6, 6.07) is 15.9. The SMILES string of the molecule is CC(NC(=O)C(NC(=O)C(NC(=O)CCC(C)(C)C)C(C)(C)O)C(C)c1ccccc1)C(=O)N1CCCC1c1ccccc1. The van der Waals surface area contributed by atoms with Crippen molar-refractivity contribution in [2.75, 3.05) is 6.54 Å². The number of hydrogen-bond donors (Lipinski definition) is 4. The molecule has 1 aliphatic heterocycles. The van der Waals surface area contributed by atoms with E-state index in [1.54, 1.807) is 6.92 Å². The summed E-state index contributed by atoms with van der Waals surface area (Å²) in [6.45, 7) is 13.0. The van der Waals surface area contributed by atoms with Crippen molar-refractivity contribution < 1.29 is 24.3 Å². The lowest BCUT2D eigenvalue weighted by Crippen LogP contribution is -2.62. The van der Waals surface area contributed by atoms with Crippen LogP contribution in [0.2, 0.25) is 0 Å². The molecule has 5 atom stereocenters. The number of benzene rings is 2. The van der Waals surface area contributed by atoms with E-state index in [1.165, 1.54) is 13.8 Å². The molecule has 1 aliphatic rings. The predicted molar refractivity (Wildman–Crippen MR) is 171 cm³/mol. The lowest BCUT2D eigenvalue weighted by Gasteiger charge is -2.33. The minimum Gasteiger partial charge on any atom is -0.388 e. The molecule has 0 aromatic heterocycles. The highest BCUT2D eigenvalue weighted by molar-refractivity contribution is 5.95. The fourth-order valence-electron chi connectivity index (χ4n) is 5.55. The molecule has 240 valence electrons. The van der Waals surface area contributed by atoms with Crippen LogP contribution in [0.25, 0.3) is 0 Å². The minimum atomic E-state index is -1.61. The third-order valence-corrected chi connectivity index (χ3v) is 8.23. The molecule has 4 N–H and O–H groups in total. The third-order valence-electron chi connectivity index (χ3n) is 8.23. The smallest absolute Gasteiger partial charge is 0.246 e. The van der Waals surface area contributed by atoms with Gasteiger partial charge in [0.25, 0.3) is 0 Å². The van der Waals surface area contributed by atoms with Crippen molar-refractivity contribution in [3.8, 4) is 0 Å². The van der Waals surface area contributed by atoms with Crippen molar-refractivity contribution in [2.24, 2.45) is 5.41 Å². The maximum Gasteiger partial charge on any atom is 0.246 e. The van der Waals surface area contributed by atoms with E-state index in [2.05, 4.69) is 16.0 Å². The Kier molecular flexibility index (Phi) is 11.7. The highest BCUT2D eigenvalue weighted by Crippen LogP contribution is 2.32. The molecule has 3 rings (SSSR count).